The van der Waals surface area contributed by atoms with Crippen molar-refractivity contribution in [2.45, 2.75) is 6.92 Å². The van der Waals surface area contributed by atoms with Crippen LogP contribution in [0.1, 0.15) is 25.7 Å². The third kappa shape index (κ3) is 3.93. The number of carbonyl (C=O) groups is 1. The average Bonchev–Trinajstić information content (AvgIpc) is 3.01. The van der Waals surface area contributed by atoms with Crippen LogP contribution < -0.4 is 4.74 Å². The van der Waals surface area contributed by atoms with E-state index in [1.807, 2.05) is 67.6 Å². The second kappa shape index (κ2) is 8.18. The quantitative estimate of drug-likeness (QED) is 0.590. The maximum atomic E-state index is 12.5. The Morgan fingerprint density at radius 3 is 1.93 bits per heavy atom. The molecule has 0 radical (unpaired) electrons. The summed E-state index contributed by atoms with van der Waals surface area (Å²) >= 11 is 1.41. The number of rotatable bonds is 5. The van der Waals surface area contributed by atoms with Gasteiger partial charge in [-0.2, -0.15) is 0 Å². The number of methoxy groups -OCH3 is 1. The number of hydrogen-bond donors (Lipinski definition) is 0. The number of ether oxygens (including phenoxy) is 1. The molecule has 0 fully saturated rings. The van der Waals surface area contributed by atoms with Gasteiger partial charge in [0.15, 0.2) is 5.75 Å². The Hall–Kier alpha value is -2.92. The van der Waals surface area contributed by atoms with Crippen molar-refractivity contribution in [1.29, 1.82) is 0 Å². The molecule has 0 spiro atoms. The minimum Gasteiger partial charge on any atom is -0.493 e. The fourth-order valence-corrected chi connectivity index (χ4v) is 3.86. The lowest BCUT2D eigenvalue weighted by Crippen LogP contribution is -2.21. The number of aliphatic imine (C=N–C) groups is 1. The average molecular weight is 378 g/mol. The van der Waals surface area contributed by atoms with Gasteiger partial charge in [0, 0.05) is 30.1 Å². The molecule has 27 heavy (non-hydrogen) atoms. The fraction of sp³-hybridized carbons (Fsp3) is 0.182. The minimum absolute atomic E-state index is 0.0811. The van der Waals surface area contributed by atoms with Crippen LogP contribution in [0.4, 0.5) is 5.69 Å². The SMILES string of the molecule is COc1c(C(=O)N(C)C)sc(C)c1N=C(c1ccccc1)c1ccccc1. The van der Waals surface area contributed by atoms with Crippen LogP contribution in [0, 0.1) is 6.92 Å². The molecule has 138 valence electrons. The number of amides is 1. The van der Waals surface area contributed by atoms with Crippen LogP contribution in [-0.4, -0.2) is 37.7 Å². The topological polar surface area (TPSA) is 41.9 Å². The normalized spacial score (nSPS) is 10.4. The summed E-state index contributed by atoms with van der Waals surface area (Å²) in [6.45, 7) is 1.96. The monoisotopic (exact) mass is 378 g/mol. The summed E-state index contributed by atoms with van der Waals surface area (Å²) in [4.78, 5) is 20.6. The standard InChI is InChI=1S/C22H22N2O2S/c1-15-18(20(26-4)21(27-15)22(25)24(2)3)23-19(16-11-7-5-8-12-16)17-13-9-6-10-14-17/h5-14H,1-4H3. The maximum absolute atomic E-state index is 12.5. The first-order valence-electron chi connectivity index (χ1n) is 8.61. The van der Waals surface area contributed by atoms with Gasteiger partial charge in [-0.3, -0.25) is 4.79 Å². The smallest absolute Gasteiger partial charge is 0.267 e. The van der Waals surface area contributed by atoms with Crippen LogP contribution in [0.5, 0.6) is 5.75 Å². The molecule has 0 aliphatic rings. The Morgan fingerprint density at radius 1 is 0.963 bits per heavy atom. The largest absolute Gasteiger partial charge is 0.493 e. The van der Waals surface area contributed by atoms with Crippen LogP contribution in [0.2, 0.25) is 0 Å². The second-order valence-corrected chi connectivity index (χ2v) is 7.49. The Kier molecular flexibility index (Phi) is 5.72. The number of carbonyl (C=O) groups excluding carboxylic acids is 1. The first-order chi connectivity index (χ1) is 13.0. The van der Waals surface area contributed by atoms with Crippen molar-refractivity contribution < 1.29 is 9.53 Å². The van der Waals surface area contributed by atoms with E-state index in [-0.39, 0.29) is 5.91 Å². The first kappa shape index (κ1) is 18.9. The summed E-state index contributed by atoms with van der Waals surface area (Å²) < 4.78 is 5.60. The van der Waals surface area contributed by atoms with Crippen LogP contribution in [0.3, 0.4) is 0 Å². The summed E-state index contributed by atoms with van der Waals surface area (Å²) in [6.07, 6.45) is 0. The van der Waals surface area contributed by atoms with Crippen LogP contribution in [0.15, 0.2) is 65.7 Å². The molecule has 0 atom stereocenters. The van der Waals surface area contributed by atoms with Gasteiger partial charge in [0.05, 0.1) is 12.8 Å². The molecule has 1 amide bonds. The van der Waals surface area contributed by atoms with Crippen molar-refractivity contribution in [3.05, 3.63) is 81.5 Å². The molecule has 0 bridgehead atoms. The number of benzene rings is 2. The zero-order chi connectivity index (χ0) is 19.4. The van der Waals surface area contributed by atoms with Gasteiger partial charge in [-0.15, -0.1) is 11.3 Å². The van der Waals surface area contributed by atoms with E-state index in [1.54, 1.807) is 26.1 Å². The molecule has 0 saturated heterocycles. The predicted molar refractivity (Wildman–Crippen MR) is 112 cm³/mol. The summed E-state index contributed by atoms with van der Waals surface area (Å²) in [6, 6.07) is 20.1. The van der Waals surface area contributed by atoms with E-state index in [0.717, 1.165) is 21.7 Å². The molecule has 2 aromatic carbocycles. The minimum atomic E-state index is -0.0811. The third-order valence-electron chi connectivity index (χ3n) is 4.13. The molecule has 5 heteroatoms. The zero-order valence-corrected chi connectivity index (χ0v) is 16.7. The lowest BCUT2D eigenvalue weighted by Gasteiger charge is -2.11. The van der Waals surface area contributed by atoms with Crippen LogP contribution in [-0.2, 0) is 0 Å². The van der Waals surface area contributed by atoms with E-state index >= 15 is 0 Å². The zero-order valence-electron chi connectivity index (χ0n) is 15.9. The molecule has 1 heterocycles. The summed E-state index contributed by atoms with van der Waals surface area (Å²) in [5.74, 6) is 0.447. The first-order valence-corrected chi connectivity index (χ1v) is 9.43. The van der Waals surface area contributed by atoms with Crippen molar-refractivity contribution >= 4 is 28.6 Å². The van der Waals surface area contributed by atoms with Gasteiger partial charge in [0.1, 0.15) is 10.6 Å². The van der Waals surface area contributed by atoms with Crippen molar-refractivity contribution in [2.24, 2.45) is 4.99 Å². The lowest BCUT2D eigenvalue weighted by atomic mass is 10.0. The van der Waals surface area contributed by atoms with Crippen LogP contribution in [0.25, 0.3) is 0 Å². The van der Waals surface area contributed by atoms with Gasteiger partial charge in [0.25, 0.3) is 5.91 Å². The van der Waals surface area contributed by atoms with Crippen molar-refractivity contribution in [3.63, 3.8) is 0 Å². The highest BCUT2D eigenvalue weighted by Gasteiger charge is 2.24. The van der Waals surface area contributed by atoms with Gasteiger partial charge in [0.2, 0.25) is 0 Å². The third-order valence-corrected chi connectivity index (χ3v) is 5.20. The predicted octanol–water partition coefficient (Wildman–Crippen LogP) is 4.94. The van der Waals surface area contributed by atoms with Gasteiger partial charge in [-0.1, -0.05) is 60.7 Å². The van der Waals surface area contributed by atoms with E-state index in [2.05, 4.69) is 0 Å². The van der Waals surface area contributed by atoms with E-state index in [4.69, 9.17) is 9.73 Å². The number of thiophene rings is 1. The van der Waals surface area contributed by atoms with Crippen molar-refractivity contribution in [2.75, 3.05) is 21.2 Å². The van der Waals surface area contributed by atoms with Crippen molar-refractivity contribution in [3.8, 4) is 5.75 Å². The molecule has 0 N–H and O–H groups in total. The lowest BCUT2D eigenvalue weighted by molar-refractivity contribution is 0.0829. The molecule has 0 aliphatic heterocycles. The Bertz CT molecular complexity index is 919. The molecular formula is C22H22N2O2S. The van der Waals surface area contributed by atoms with E-state index < -0.39 is 0 Å². The highest BCUT2D eigenvalue weighted by Crippen LogP contribution is 2.42. The maximum Gasteiger partial charge on any atom is 0.267 e. The van der Waals surface area contributed by atoms with Gasteiger partial charge in [-0.05, 0) is 6.92 Å². The molecule has 3 rings (SSSR count). The highest BCUT2D eigenvalue weighted by atomic mass is 32.1. The second-order valence-electron chi connectivity index (χ2n) is 6.26. The Labute approximate surface area is 163 Å². The van der Waals surface area contributed by atoms with Gasteiger partial charge < -0.3 is 9.64 Å². The number of aryl methyl sites for hydroxylation is 1. The molecule has 1 aromatic heterocycles. The summed E-state index contributed by atoms with van der Waals surface area (Å²) in [5.41, 5.74) is 3.57. The van der Waals surface area contributed by atoms with Crippen LogP contribution >= 0.6 is 11.3 Å². The van der Waals surface area contributed by atoms with E-state index in [9.17, 15) is 4.79 Å². The number of hydrogen-bond acceptors (Lipinski definition) is 4. The Balaban J connectivity index is 2.21. The molecule has 3 aromatic rings. The van der Waals surface area contributed by atoms with E-state index in [0.29, 0.717) is 16.3 Å². The van der Waals surface area contributed by atoms with Crippen molar-refractivity contribution in [1.82, 2.24) is 4.90 Å². The van der Waals surface area contributed by atoms with E-state index in [1.165, 1.54) is 11.3 Å². The highest BCUT2D eigenvalue weighted by molar-refractivity contribution is 7.15. The number of nitrogens with zero attached hydrogens (tertiary/aromatic N) is 2. The summed E-state index contributed by atoms with van der Waals surface area (Å²) in [5, 5.41) is 0. The molecule has 0 aliphatic carbocycles. The Morgan fingerprint density at radius 2 is 1.48 bits per heavy atom. The molecular weight excluding hydrogens is 356 g/mol. The van der Waals surface area contributed by atoms with Gasteiger partial charge in [-0.25, -0.2) is 4.99 Å². The molecule has 0 unspecified atom stereocenters. The molecule has 0 saturated carbocycles. The summed E-state index contributed by atoms with van der Waals surface area (Å²) in [7, 11) is 5.05. The van der Waals surface area contributed by atoms with Gasteiger partial charge >= 0.3 is 0 Å². The molecule has 4 nitrogen and oxygen atoms in total. The fourth-order valence-electron chi connectivity index (χ4n) is 2.78.